The van der Waals surface area contributed by atoms with E-state index >= 15 is 4.39 Å². The van der Waals surface area contributed by atoms with Gasteiger partial charge in [0, 0.05) is 12.6 Å². The van der Waals surface area contributed by atoms with Gasteiger partial charge in [0.25, 0.3) is 5.56 Å². The Morgan fingerprint density at radius 1 is 1.32 bits per heavy atom. The Kier molecular flexibility index (Phi) is 7.64. The van der Waals surface area contributed by atoms with Gasteiger partial charge in [0.1, 0.15) is 36.7 Å². The molecule has 6 heterocycles. The van der Waals surface area contributed by atoms with Crippen LogP contribution in [0.2, 0.25) is 0 Å². The SMILES string of the molecule is C#C[C@]1(COP(O)(=S)O[C@@H]2[C@H](F)[C@@H](CO)O[C@H]2n2cnc3c(=O)[nH]c(N)nc32)OC(n2cc(F)c3c(N)ncnc32)C[C@@H]1O. The minimum atomic E-state index is -4.41. The highest BCUT2D eigenvalue weighted by atomic mass is 32.5. The number of halogens is 2. The number of H-pyrrole nitrogens is 1. The van der Waals surface area contributed by atoms with E-state index in [1.54, 1.807) is 0 Å². The molecule has 2 aliphatic heterocycles. The van der Waals surface area contributed by atoms with Gasteiger partial charge in [-0.25, -0.2) is 23.7 Å². The average molecular weight is 656 g/mol. The second-order valence-corrected chi connectivity index (χ2v) is 12.8. The van der Waals surface area contributed by atoms with E-state index in [1.807, 2.05) is 0 Å². The zero-order chi connectivity index (χ0) is 31.6. The molecule has 44 heavy (non-hydrogen) atoms. The van der Waals surface area contributed by atoms with E-state index in [0.29, 0.717) is 0 Å². The van der Waals surface area contributed by atoms with Crippen molar-refractivity contribution in [2.24, 2.45) is 0 Å². The number of nitrogens with zero attached hydrogens (tertiary/aromatic N) is 6. The van der Waals surface area contributed by atoms with Crippen LogP contribution in [-0.2, 0) is 30.3 Å². The van der Waals surface area contributed by atoms with Crippen LogP contribution in [0, 0.1) is 18.2 Å². The van der Waals surface area contributed by atoms with Gasteiger partial charge in [-0.2, -0.15) is 4.98 Å². The molecule has 17 nitrogen and oxygen atoms in total. The Morgan fingerprint density at radius 2 is 2.09 bits per heavy atom. The van der Waals surface area contributed by atoms with Gasteiger partial charge in [-0.05, 0) is 11.8 Å². The molecule has 4 aromatic heterocycles. The van der Waals surface area contributed by atoms with Gasteiger partial charge in [0.05, 0.1) is 24.9 Å². The zero-order valence-electron chi connectivity index (χ0n) is 22.2. The fraction of sp³-hybridized carbons (Fsp3) is 0.435. The molecule has 8 N–H and O–H groups in total. The van der Waals surface area contributed by atoms with Crippen molar-refractivity contribution < 1.29 is 42.4 Å². The fourth-order valence-electron chi connectivity index (χ4n) is 5.17. The van der Waals surface area contributed by atoms with Crippen molar-refractivity contribution in [3.63, 3.8) is 0 Å². The highest BCUT2D eigenvalue weighted by molar-refractivity contribution is 8.07. The molecule has 0 radical (unpaired) electrons. The summed E-state index contributed by atoms with van der Waals surface area (Å²) in [7, 11) is 0. The van der Waals surface area contributed by atoms with Gasteiger partial charge in [0.15, 0.2) is 40.6 Å². The first-order valence-electron chi connectivity index (χ1n) is 12.8. The summed E-state index contributed by atoms with van der Waals surface area (Å²) in [6.07, 6.45) is -0.211. The molecule has 8 atom stereocenters. The predicted molar refractivity (Wildman–Crippen MR) is 150 cm³/mol. The largest absolute Gasteiger partial charge is 0.394 e. The van der Waals surface area contributed by atoms with Crippen molar-refractivity contribution in [2.45, 2.75) is 49.0 Å². The van der Waals surface area contributed by atoms with Crippen LogP contribution in [0.4, 0.5) is 20.5 Å². The maximum Gasteiger partial charge on any atom is 0.325 e. The zero-order valence-corrected chi connectivity index (χ0v) is 23.9. The third-order valence-electron chi connectivity index (χ3n) is 7.32. The number of aromatic nitrogens is 7. The Hall–Kier alpha value is -3.64. The Morgan fingerprint density at radius 3 is 2.82 bits per heavy atom. The van der Waals surface area contributed by atoms with Crippen LogP contribution in [0.3, 0.4) is 0 Å². The van der Waals surface area contributed by atoms with E-state index in [9.17, 15) is 24.3 Å². The third kappa shape index (κ3) is 5.01. The van der Waals surface area contributed by atoms with E-state index in [1.165, 1.54) is 4.57 Å². The van der Waals surface area contributed by atoms with Crippen molar-refractivity contribution >= 4 is 52.5 Å². The molecule has 2 aliphatic rings. The summed E-state index contributed by atoms with van der Waals surface area (Å²) in [5.41, 5.74) is 8.67. The van der Waals surface area contributed by atoms with Crippen LogP contribution < -0.4 is 17.0 Å². The number of rotatable bonds is 8. The first-order valence-corrected chi connectivity index (χ1v) is 15.4. The maximum atomic E-state index is 15.4. The summed E-state index contributed by atoms with van der Waals surface area (Å²) in [5, 5.41) is 20.5. The van der Waals surface area contributed by atoms with Crippen molar-refractivity contribution in [1.29, 1.82) is 0 Å². The number of anilines is 2. The molecule has 4 aromatic rings. The van der Waals surface area contributed by atoms with E-state index in [4.69, 9.17) is 48.2 Å². The van der Waals surface area contributed by atoms with Crippen LogP contribution in [0.1, 0.15) is 18.9 Å². The van der Waals surface area contributed by atoms with Crippen molar-refractivity contribution in [2.75, 3.05) is 24.7 Å². The van der Waals surface area contributed by atoms with Crippen molar-refractivity contribution in [1.82, 2.24) is 34.1 Å². The Bertz CT molecular complexity index is 1900. The van der Waals surface area contributed by atoms with Crippen LogP contribution in [0.15, 0.2) is 23.6 Å². The number of aliphatic hydroxyl groups is 2. The standard InChI is InChI=1S/C23H24F2N9O8PS/c1-2-23(11(36)3-12(41-23)33-4-9(24)13-17(26)28-7-29-18(13)33)6-39-43(38,44)42-16-14(25)10(5-35)40-21(16)34-8-30-15-19(34)31-22(27)32-20(15)37/h1,4,7-8,10-12,14,16,21,35-36H,3,5-6H2,(H,38,44)(H2,26,28,29)(H3,27,31,32,37)/t10-,11+,12?,14-,16-,21-,23-,43?/m1/s1. The normalized spacial score (nSPS) is 30.2. The first kappa shape index (κ1) is 30.4. The van der Waals surface area contributed by atoms with E-state index in [0.717, 1.165) is 23.4 Å². The fourth-order valence-corrected chi connectivity index (χ4v) is 6.57. The van der Waals surface area contributed by atoms with E-state index < -0.39 is 73.8 Å². The summed E-state index contributed by atoms with van der Waals surface area (Å²) in [4.78, 5) is 41.2. The smallest absolute Gasteiger partial charge is 0.325 e. The molecule has 0 aliphatic carbocycles. The molecule has 0 amide bonds. The number of nitrogens with two attached hydrogens (primary N) is 2. The molecule has 21 heteroatoms. The number of ether oxygens (including phenoxy) is 2. The number of hydrogen-bond acceptors (Lipinski definition) is 14. The molecule has 2 saturated heterocycles. The molecule has 234 valence electrons. The second-order valence-electron chi connectivity index (χ2n) is 9.98. The van der Waals surface area contributed by atoms with Crippen LogP contribution >= 0.6 is 6.72 Å². The lowest BCUT2D eigenvalue weighted by Crippen LogP contribution is -2.42. The lowest BCUT2D eigenvalue weighted by atomic mass is 9.99. The number of hydrogen-bond donors (Lipinski definition) is 6. The van der Waals surface area contributed by atoms with Crippen LogP contribution in [0.5, 0.6) is 0 Å². The number of alkyl halides is 1. The summed E-state index contributed by atoms with van der Waals surface area (Å²) in [5.74, 6) is 1.20. The minimum absolute atomic E-state index is 0.0530. The molecular weight excluding hydrogens is 631 g/mol. The second kappa shape index (κ2) is 11.1. The van der Waals surface area contributed by atoms with E-state index in [-0.39, 0.29) is 40.4 Å². The van der Waals surface area contributed by atoms with Gasteiger partial charge in [0.2, 0.25) is 5.95 Å². The Labute approximate surface area is 250 Å². The quantitative estimate of drug-likeness (QED) is 0.102. The number of nitrogen functional groups attached to an aromatic ring is 2. The topological polar surface area (TPSA) is 244 Å². The molecule has 6 rings (SSSR count). The van der Waals surface area contributed by atoms with Crippen molar-refractivity contribution in [3.05, 3.63) is 35.0 Å². The van der Waals surface area contributed by atoms with Crippen molar-refractivity contribution in [3.8, 4) is 12.3 Å². The maximum absolute atomic E-state index is 15.4. The summed E-state index contributed by atoms with van der Waals surface area (Å²) in [6.45, 7) is -5.91. The molecule has 2 unspecified atom stereocenters. The predicted octanol–water partition coefficient (Wildman–Crippen LogP) is -0.634. The summed E-state index contributed by atoms with van der Waals surface area (Å²) < 4.78 is 54.9. The lowest BCUT2D eigenvalue weighted by molar-refractivity contribution is -0.0890. The molecule has 0 bridgehead atoms. The summed E-state index contributed by atoms with van der Waals surface area (Å²) >= 11 is 5.13. The van der Waals surface area contributed by atoms with Crippen LogP contribution in [-0.4, -0.2) is 92.5 Å². The average Bonchev–Trinajstić information content (AvgIpc) is 3.71. The number of nitrogens with one attached hydrogen (secondary N) is 1. The third-order valence-corrected chi connectivity index (χ3v) is 8.86. The van der Waals surface area contributed by atoms with Gasteiger partial charge < -0.3 is 45.1 Å². The minimum Gasteiger partial charge on any atom is -0.394 e. The number of aliphatic hydroxyl groups excluding tert-OH is 2. The van der Waals surface area contributed by atoms with Gasteiger partial charge in [-0.3, -0.25) is 18.9 Å². The lowest BCUT2D eigenvalue weighted by Gasteiger charge is -2.30. The number of aromatic amines is 1. The molecule has 0 spiro atoms. The molecule has 2 fully saturated rings. The molecular formula is C23H24F2N9O8PS. The van der Waals surface area contributed by atoms with Gasteiger partial charge >= 0.3 is 6.72 Å². The Balaban J connectivity index is 1.23. The number of terminal acetylenes is 1. The monoisotopic (exact) mass is 655 g/mol. The first-order chi connectivity index (χ1) is 20.9. The number of fused-ring (bicyclic) bond motifs is 2. The summed E-state index contributed by atoms with van der Waals surface area (Å²) in [6, 6.07) is 0. The van der Waals surface area contributed by atoms with Gasteiger partial charge in [-0.15, -0.1) is 6.42 Å². The highest BCUT2D eigenvalue weighted by Crippen LogP contribution is 2.52. The van der Waals surface area contributed by atoms with Gasteiger partial charge in [-0.1, -0.05) is 5.92 Å². The highest BCUT2D eigenvalue weighted by Gasteiger charge is 2.52. The molecule has 0 aromatic carbocycles. The van der Waals surface area contributed by atoms with Crippen LogP contribution in [0.25, 0.3) is 22.2 Å². The van der Waals surface area contributed by atoms with E-state index in [2.05, 4.69) is 30.8 Å². The molecule has 0 saturated carbocycles. The number of imidazole rings is 1.